The number of carbonyl (C=O) groups is 1. The van der Waals surface area contributed by atoms with E-state index in [4.69, 9.17) is 16.0 Å². The fourth-order valence-corrected chi connectivity index (χ4v) is 6.55. The van der Waals surface area contributed by atoms with E-state index in [1.165, 1.54) is 18.2 Å². The lowest BCUT2D eigenvalue weighted by atomic mass is 9.96. The quantitative estimate of drug-likeness (QED) is 0.362. The van der Waals surface area contributed by atoms with Crippen molar-refractivity contribution >= 4 is 55.5 Å². The molecular formula is C23H18ClNO4S2. The minimum absolute atomic E-state index is 0.101. The third kappa shape index (κ3) is 3.56. The van der Waals surface area contributed by atoms with Crippen LogP contribution in [0.3, 0.4) is 0 Å². The van der Waals surface area contributed by atoms with Crippen molar-refractivity contribution in [3.05, 3.63) is 81.9 Å². The first-order valence-electron chi connectivity index (χ1n) is 9.88. The van der Waals surface area contributed by atoms with Gasteiger partial charge >= 0.3 is 0 Å². The number of furan rings is 1. The Bertz CT molecular complexity index is 1370. The highest BCUT2D eigenvalue weighted by atomic mass is 35.5. The molecule has 0 saturated heterocycles. The Labute approximate surface area is 188 Å². The Hall–Kier alpha value is -2.61. The number of thiophene rings is 1. The van der Waals surface area contributed by atoms with E-state index < -0.39 is 15.9 Å². The van der Waals surface area contributed by atoms with Gasteiger partial charge in [-0.05, 0) is 73.2 Å². The third-order valence-electron chi connectivity index (χ3n) is 5.44. The number of carbonyl (C=O) groups excluding carboxylic acids is 1. The van der Waals surface area contributed by atoms with Gasteiger partial charge in [0, 0.05) is 28.0 Å². The number of halogens is 1. The maximum atomic E-state index is 13.5. The van der Waals surface area contributed by atoms with Crippen molar-refractivity contribution in [2.45, 2.75) is 29.9 Å². The summed E-state index contributed by atoms with van der Waals surface area (Å²) in [6.45, 7) is 0. The maximum Gasteiger partial charge on any atom is 0.280 e. The molecule has 5 nitrogen and oxygen atoms in total. The van der Waals surface area contributed by atoms with Crippen LogP contribution in [0.25, 0.3) is 11.0 Å². The summed E-state index contributed by atoms with van der Waals surface area (Å²) in [5.74, 6) is 0.317. The Morgan fingerprint density at radius 1 is 1.03 bits per heavy atom. The molecule has 2 aromatic carbocycles. The predicted octanol–water partition coefficient (Wildman–Crippen LogP) is 6.06. The summed E-state index contributed by atoms with van der Waals surface area (Å²) in [6.07, 6.45) is 3.90. The lowest BCUT2D eigenvalue weighted by Gasteiger charge is -2.22. The van der Waals surface area contributed by atoms with Gasteiger partial charge in [-0.3, -0.25) is 4.79 Å². The van der Waals surface area contributed by atoms with Crippen molar-refractivity contribution in [1.82, 2.24) is 0 Å². The number of anilines is 1. The van der Waals surface area contributed by atoms with E-state index in [0.717, 1.165) is 58.0 Å². The highest BCUT2D eigenvalue weighted by Gasteiger charge is 2.33. The minimum Gasteiger partial charge on any atom is -0.461 e. The fourth-order valence-electron chi connectivity index (χ4n) is 3.95. The van der Waals surface area contributed by atoms with Gasteiger partial charge in [-0.25, -0.2) is 0 Å². The normalized spacial score (nSPS) is 13.8. The SMILES string of the molecule is O=C(c1ccc(Cl)cc1)N(c1ccc2oc3c(c2c1)CCCC3)S(=O)(=O)c1cccs1. The van der Waals surface area contributed by atoms with Gasteiger partial charge in [-0.15, -0.1) is 11.3 Å². The van der Waals surface area contributed by atoms with E-state index in [1.54, 1.807) is 41.8 Å². The highest BCUT2D eigenvalue weighted by molar-refractivity contribution is 7.95. The van der Waals surface area contributed by atoms with Gasteiger partial charge in [0.2, 0.25) is 0 Å². The zero-order valence-electron chi connectivity index (χ0n) is 16.4. The number of benzene rings is 2. The van der Waals surface area contributed by atoms with Gasteiger partial charge in [-0.1, -0.05) is 17.7 Å². The Kier molecular flexibility index (Phi) is 5.12. The van der Waals surface area contributed by atoms with E-state index in [9.17, 15) is 13.2 Å². The summed E-state index contributed by atoms with van der Waals surface area (Å²) in [7, 11) is -4.10. The summed E-state index contributed by atoms with van der Waals surface area (Å²) < 4.78 is 34.0. The predicted molar refractivity (Wildman–Crippen MR) is 123 cm³/mol. The molecular weight excluding hydrogens is 454 g/mol. The van der Waals surface area contributed by atoms with E-state index in [0.29, 0.717) is 10.6 Å². The van der Waals surface area contributed by atoms with E-state index >= 15 is 0 Å². The fraction of sp³-hybridized carbons (Fsp3) is 0.174. The molecule has 1 amide bonds. The largest absolute Gasteiger partial charge is 0.461 e. The van der Waals surface area contributed by atoms with Crippen LogP contribution in [0.15, 0.2) is 68.6 Å². The van der Waals surface area contributed by atoms with E-state index in [2.05, 4.69) is 0 Å². The lowest BCUT2D eigenvalue weighted by Crippen LogP contribution is -2.36. The standard InChI is InChI=1S/C23H18ClNO4S2/c24-16-9-7-15(8-10-16)23(26)25(31(27,28)22-6-3-13-30-22)17-11-12-21-19(14-17)18-4-1-2-5-20(18)29-21/h3,6-14H,1-2,4-5H2. The van der Waals surface area contributed by atoms with Crippen molar-refractivity contribution in [1.29, 1.82) is 0 Å². The van der Waals surface area contributed by atoms with Crippen LogP contribution < -0.4 is 4.31 Å². The number of fused-ring (bicyclic) bond motifs is 3. The Morgan fingerprint density at radius 3 is 2.55 bits per heavy atom. The first kappa shape index (κ1) is 20.3. The summed E-state index contributed by atoms with van der Waals surface area (Å²) in [5.41, 5.74) is 2.34. The average molecular weight is 472 g/mol. The van der Waals surface area contributed by atoms with Crippen LogP contribution in [0.5, 0.6) is 0 Å². The maximum absolute atomic E-state index is 13.5. The molecule has 0 unspecified atom stereocenters. The molecule has 0 spiro atoms. The smallest absolute Gasteiger partial charge is 0.280 e. The molecule has 158 valence electrons. The molecule has 0 fully saturated rings. The molecule has 0 atom stereocenters. The first-order valence-corrected chi connectivity index (χ1v) is 12.6. The lowest BCUT2D eigenvalue weighted by molar-refractivity contribution is 0.101. The van der Waals surface area contributed by atoms with Gasteiger partial charge in [0.25, 0.3) is 15.9 Å². The summed E-state index contributed by atoms with van der Waals surface area (Å²) in [4.78, 5) is 13.4. The van der Waals surface area contributed by atoms with Gasteiger partial charge in [-0.2, -0.15) is 12.7 Å². The van der Waals surface area contributed by atoms with Crippen LogP contribution >= 0.6 is 22.9 Å². The number of amides is 1. The van der Waals surface area contributed by atoms with Crippen molar-refractivity contribution in [3.8, 4) is 0 Å². The van der Waals surface area contributed by atoms with Crippen LogP contribution in [0.1, 0.15) is 34.5 Å². The van der Waals surface area contributed by atoms with Crippen molar-refractivity contribution in [2.75, 3.05) is 4.31 Å². The molecule has 0 N–H and O–H groups in total. The van der Waals surface area contributed by atoms with Gasteiger partial charge in [0.05, 0.1) is 5.69 Å². The van der Waals surface area contributed by atoms with Crippen LogP contribution in [-0.4, -0.2) is 14.3 Å². The summed E-state index contributed by atoms with van der Waals surface area (Å²) in [6, 6.07) is 14.5. The highest BCUT2D eigenvalue weighted by Crippen LogP contribution is 2.36. The molecule has 1 aliphatic rings. The summed E-state index contributed by atoms with van der Waals surface area (Å²) >= 11 is 7.03. The molecule has 31 heavy (non-hydrogen) atoms. The molecule has 0 aliphatic heterocycles. The molecule has 4 aromatic rings. The van der Waals surface area contributed by atoms with E-state index in [1.807, 2.05) is 0 Å². The number of hydrogen-bond donors (Lipinski definition) is 0. The zero-order chi connectivity index (χ0) is 21.6. The molecule has 0 bridgehead atoms. The number of nitrogens with zero attached hydrogens (tertiary/aromatic N) is 1. The average Bonchev–Trinajstić information content (AvgIpc) is 3.43. The van der Waals surface area contributed by atoms with Crippen LogP contribution in [0.4, 0.5) is 5.69 Å². The second-order valence-corrected chi connectivity index (χ2v) is 10.8. The van der Waals surface area contributed by atoms with Crippen LogP contribution in [-0.2, 0) is 22.9 Å². The van der Waals surface area contributed by atoms with Crippen LogP contribution in [0.2, 0.25) is 5.02 Å². The Morgan fingerprint density at radius 2 is 1.81 bits per heavy atom. The minimum atomic E-state index is -4.10. The second kappa shape index (κ2) is 7.82. The van der Waals surface area contributed by atoms with Crippen molar-refractivity contribution in [2.24, 2.45) is 0 Å². The van der Waals surface area contributed by atoms with E-state index in [-0.39, 0.29) is 15.5 Å². The topological polar surface area (TPSA) is 67.6 Å². The third-order valence-corrected chi connectivity index (χ3v) is 8.77. The van der Waals surface area contributed by atoms with Gasteiger partial charge < -0.3 is 4.42 Å². The zero-order valence-corrected chi connectivity index (χ0v) is 18.8. The molecule has 2 heterocycles. The number of aryl methyl sites for hydroxylation is 2. The van der Waals surface area contributed by atoms with Crippen LogP contribution in [0, 0.1) is 0 Å². The van der Waals surface area contributed by atoms with Crippen molar-refractivity contribution < 1.29 is 17.6 Å². The van der Waals surface area contributed by atoms with Gasteiger partial charge in [0.1, 0.15) is 15.6 Å². The molecule has 8 heteroatoms. The first-order chi connectivity index (χ1) is 14.9. The number of rotatable bonds is 4. The van der Waals surface area contributed by atoms with Crippen molar-refractivity contribution in [3.63, 3.8) is 0 Å². The summed E-state index contributed by atoms with van der Waals surface area (Å²) in [5, 5.41) is 3.01. The Balaban J connectivity index is 1.68. The molecule has 2 aromatic heterocycles. The number of sulfonamides is 1. The van der Waals surface area contributed by atoms with Gasteiger partial charge in [0.15, 0.2) is 0 Å². The number of hydrogen-bond acceptors (Lipinski definition) is 5. The molecule has 0 saturated carbocycles. The molecule has 1 aliphatic carbocycles. The second-order valence-electron chi connectivity index (χ2n) is 7.40. The molecule has 0 radical (unpaired) electrons. The molecule has 5 rings (SSSR count). The monoisotopic (exact) mass is 471 g/mol.